The van der Waals surface area contributed by atoms with Gasteiger partial charge in [-0.3, -0.25) is 4.48 Å². The van der Waals surface area contributed by atoms with Gasteiger partial charge in [-0.2, -0.15) is 4.99 Å². The first kappa shape index (κ1) is 20.9. The van der Waals surface area contributed by atoms with Crippen LogP contribution in [0.2, 0.25) is 0 Å². The van der Waals surface area contributed by atoms with Gasteiger partial charge in [-0.05, 0) is 48.7 Å². The van der Waals surface area contributed by atoms with Crippen molar-refractivity contribution in [3.8, 4) is 0 Å². The average molecular weight is 430 g/mol. The summed E-state index contributed by atoms with van der Waals surface area (Å²) in [7, 11) is -0.181. The summed E-state index contributed by atoms with van der Waals surface area (Å²) in [6.45, 7) is 0.254. The van der Waals surface area contributed by atoms with Gasteiger partial charge in [0.25, 0.3) is 10.0 Å². The van der Waals surface area contributed by atoms with E-state index in [1.165, 1.54) is 18.1 Å². The average Bonchev–Trinajstić information content (AvgIpc) is 3.24. The zero-order chi connectivity index (χ0) is 21.5. The molecule has 3 atom stereocenters. The fourth-order valence-corrected chi connectivity index (χ4v) is 5.03. The second-order valence-corrected chi connectivity index (χ2v) is 9.81. The van der Waals surface area contributed by atoms with Crippen LogP contribution in [0.4, 0.5) is 4.39 Å². The smallest absolute Gasteiger partial charge is 0.261 e. The van der Waals surface area contributed by atoms with Crippen LogP contribution < -0.4 is 10.5 Å². The highest BCUT2D eigenvalue weighted by molar-refractivity contribution is 7.93. The topological polar surface area (TPSA) is 84.5 Å². The number of hydrogen-bond acceptors (Lipinski definition) is 4. The molecule has 0 bridgehead atoms. The number of sulfonamides is 1. The zero-order valence-corrected chi connectivity index (χ0v) is 17.9. The minimum atomic E-state index is -3.89. The van der Waals surface area contributed by atoms with Gasteiger partial charge in [0.05, 0.1) is 7.05 Å². The summed E-state index contributed by atoms with van der Waals surface area (Å²) >= 11 is 0. The number of hydrogen-bond donors (Lipinski definition) is 2. The van der Waals surface area contributed by atoms with Gasteiger partial charge in [-0.1, -0.05) is 30.3 Å². The number of nitrogens with two attached hydrogens (primary N) is 1. The Morgan fingerprint density at radius 3 is 2.63 bits per heavy atom. The van der Waals surface area contributed by atoms with Crippen LogP contribution in [0.25, 0.3) is 0 Å². The largest absolute Gasteiger partial charge is 0.316 e. The molecule has 0 aromatic heterocycles. The van der Waals surface area contributed by atoms with Crippen LogP contribution >= 0.6 is 0 Å². The number of benzene rings is 2. The Kier molecular flexibility index (Phi) is 5.36. The number of primary sulfonamides is 1. The van der Waals surface area contributed by atoms with Crippen molar-refractivity contribution in [2.45, 2.75) is 31.3 Å². The third-order valence-electron chi connectivity index (χ3n) is 5.96. The van der Waals surface area contributed by atoms with E-state index < -0.39 is 10.0 Å². The van der Waals surface area contributed by atoms with Crippen molar-refractivity contribution in [1.82, 2.24) is 5.32 Å². The summed E-state index contributed by atoms with van der Waals surface area (Å²) in [5.74, 6) is -0.0472. The maximum atomic E-state index is 14.9. The molecule has 2 aromatic rings. The molecular weight excluding hydrogens is 403 g/mol. The van der Waals surface area contributed by atoms with Crippen LogP contribution in [0.1, 0.15) is 28.2 Å². The number of aliphatic imine (C=N–C) groups is 1. The summed E-state index contributed by atoms with van der Waals surface area (Å²) in [4.78, 5) is 3.92. The van der Waals surface area contributed by atoms with Gasteiger partial charge in [-0.15, -0.1) is 0 Å². The monoisotopic (exact) mass is 429 g/mol. The van der Waals surface area contributed by atoms with Crippen molar-refractivity contribution < 1.29 is 17.3 Å². The van der Waals surface area contributed by atoms with Crippen molar-refractivity contribution in [2.24, 2.45) is 10.1 Å². The Morgan fingerprint density at radius 2 is 2.00 bits per heavy atom. The molecule has 1 heterocycles. The van der Waals surface area contributed by atoms with E-state index in [0.717, 1.165) is 24.0 Å². The number of fused-ring (bicyclic) bond motifs is 1. The zero-order valence-electron chi connectivity index (χ0n) is 17.0. The van der Waals surface area contributed by atoms with E-state index in [1.807, 2.05) is 31.3 Å². The number of rotatable bonds is 6. The SMILES string of the molecule is CNC1Cc2cc(F)c(C[N+]3(C)C=NC(S(N)(=O)=O)=C3)cc2C1Cc1ccccc1. The molecule has 3 unspecified atom stereocenters. The van der Waals surface area contributed by atoms with Crippen molar-refractivity contribution >= 4 is 16.4 Å². The van der Waals surface area contributed by atoms with Crippen LogP contribution in [0.5, 0.6) is 0 Å². The third-order valence-corrected chi connectivity index (χ3v) is 6.75. The molecule has 0 amide bonds. The quantitative estimate of drug-likeness (QED) is 0.692. The Bertz CT molecular complexity index is 1130. The van der Waals surface area contributed by atoms with Crippen molar-refractivity contribution in [1.29, 1.82) is 0 Å². The maximum absolute atomic E-state index is 14.9. The molecule has 30 heavy (non-hydrogen) atoms. The fraction of sp³-hybridized carbons (Fsp3) is 0.318. The normalized spacial score (nSPS) is 25.4. The van der Waals surface area contributed by atoms with E-state index in [-0.39, 0.29) is 33.8 Å². The van der Waals surface area contributed by atoms with E-state index >= 15 is 0 Å². The first-order valence-corrected chi connectivity index (χ1v) is 11.4. The van der Waals surface area contributed by atoms with Gasteiger partial charge in [0.15, 0.2) is 6.34 Å². The number of nitrogens with one attached hydrogen (secondary N) is 1. The van der Waals surface area contributed by atoms with E-state index in [0.29, 0.717) is 5.56 Å². The molecule has 2 aromatic carbocycles. The van der Waals surface area contributed by atoms with Crippen LogP contribution in [0, 0.1) is 5.82 Å². The number of likely N-dealkylation sites (N-methyl/N-ethyl adjacent to an activating group) is 1. The van der Waals surface area contributed by atoms with Gasteiger partial charge in [0.2, 0.25) is 5.03 Å². The predicted molar refractivity (Wildman–Crippen MR) is 115 cm³/mol. The second-order valence-electron chi connectivity index (χ2n) is 8.30. The van der Waals surface area contributed by atoms with Gasteiger partial charge in [-0.25, -0.2) is 17.9 Å². The molecule has 0 saturated heterocycles. The van der Waals surface area contributed by atoms with Crippen LogP contribution in [0.15, 0.2) is 58.7 Å². The van der Waals surface area contributed by atoms with E-state index in [4.69, 9.17) is 5.14 Å². The summed E-state index contributed by atoms with van der Waals surface area (Å²) in [6, 6.07) is 14.1. The molecule has 1 aliphatic carbocycles. The summed E-state index contributed by atoms with van der Waals surface area (Å²) in [5.41, 5.74) is 3.94. The van der Waals surface area contributed by atoms with Crippen LogP contribution in [-0.4, -0.2) is 39.4 Å². The van der Waals surface area contributed by atoms with Crippen LogP contribution in [-0.2, 0) is 29.4 Å². The highest BCUT2D eigenvalue weighted by Crippen LogP contribution is 2.38. The Morgan fingerprint density at radius 1 is 1.27 bits per heavy atom. The molecule has 3 N–H and O–H groups in total. The number of quaternary nitrogens is 1. The van der Waals surface area contributed by atoms with Gasteiger partial charge < -0.3 is 5.32 Å². The lowest BCUT2D eigenvalue weighted by atomic mass is 9.90. The lowest BCUT2D eigenvalue weighted by Crippen LogP contribution is -2.34. The highest BCUT2D eigenvalue weighted by atomic mass is 32.2. The van der Waals surface area contributed by atoms with Crippen molar-refractivity contribution in [2.75, 3.05) is 14.1 Å². The number of nitrogens with zero attached hydrogens (tertiary/aromatic N) is 2. The molecule has 0 fully saturated rings. The molecule has 0 radical (unpaired) electrons. The van der Waals surface area contributed by atoms with Gasteiger partial charge in [0, 0.05) is 17.5 Å². The minimum absolute atomic E-state index is 0.0419. The van der Waals surface area contributed by atoms with E-state index in [2.05, 4.69) is 22.4 Å². The molecule has 2 aliphatic rings. The predicted octanol–water partition coefficient (Wildman–Crippen LogP) is 2.37. The second kappa shape index (κ2) is 7.70. The van der Waals surface area contributed by atoms with E-state index in [1.54, 1.807) is 13.1 Å². The molecule has 158 valence electrons. The third kappa shape index (κ3) is 4.09. The van der Waals surface area contributed by atoms with Crippen LogP contribution in [0.3, 0.4) is 0 Å². The molecule has 8 heteroatoms. The molecule has 0 saturated carbocycles. The van der Waals surface area contributed by atoms with E-state index in [9.17, 15) is 12.8 Å². The standard InChI is InChI=1S/C22H26FN4O2S/c1-25-21-11-16-10-20(23)17(12-27(2)13-22(26-14-27)30(24,28)29)9-18(16)19(21)8-15-6-4-3-5-7-15/h3-7,9-10,13-14,19,21,25H,8,11-12H2,1-2H3,(H2,24,28,29)/q+1. The summed E-state index contributed by atoms with van der Waals surface area (Å²) < 4.78 is 38.2. The first-order valence-electron chi connectivity index (χ1n) is 9.87. The van der Waals surface area contributed by atoms with Gasteiger partial charge in [0.1, 0.15) is 18.6 Å². The number of halogens is 1. The van der Waals surface area contributed by atoms with Gasteiger partial charge >= 0.3 is 0 Å². The molecule has 1 aliphatic heterocycles. The molecule has 0 spiro atoms. The van der Waals surface area contributed by atoms with Crippen molar-refractivity contribution in [3.05, 3.63) is 81.8 Å². The Labute approximate surface area is 176 Å². The lowest BCUT2D eigenvalue weighted by molar-refractivity contribution is -0.771. The summed E-state index contributed by atoms with van der Waals surface area (Å²) in [5, 5.41) is 8.37. The molecule has 4 rings (SSSR count). The maximum Gasteiger partial charge on any atom is 0.261 e. The van der Waals surface area contributed by atoms with Crippen molar-refractivity contribution in [3.63, 3.8) is 0 Å². The first-order chi connectivity index (χ1) is 14.2. The lowest BCUT2D eigenvalue weighted by Gasteiger charge is -2.23. The Hall–Kier alpha value is -2.39. The minimum Gasteiger partial charge on any atom is -0.316 e. The summed E-state index contributed by atoms with van der Waals surface area (Å²) in [6.07, 6.45) is 4.57. The Balaban J connectivity index is 1.66. The molecular formula is C22H26FN4O2S+. The molecule has 6 nitrogen and oxygen atoms in total. The fourth-order valence-electron chi connectivity index (χ4n) is 4.45. The highest BCUT2D eigenvalue weighted by Gasteiger charge is 2.35.